The number of carbonyl (C=O) groups excluding carboxylic acids is 3. The SMILES string of the molecule is Cc1cccc(C)c1C(C(=O)NC(C)(C)C)N(C(=O)C(Cc1ccc(O)cc1)NC(=O)OC(C)(C)C)C(C)C. The highest BCUT2D eigenvalue weighted by atomic mass is 16.6. The minimum absolute atomic E-state index is 0.0967. The lowest BCUT2D eigenvalue weighted by atomic mass is 9.91. The van der Waals surface area contributed by atoms with Gasteiger partial charge in [0.15, 0.2) is 0 Å². The van der Waals surface area contributed by atoms with Gasteiger partial charge in [-0.15, -0.1) is 0 Å². The molecular formula is C31H45N3O5. The lowest BCUT2D eigenvalue weighted by molar-refractivity contribution is -0.145. The fourth-order valence-electron chi connectivity index (χ4n) is 4.47. The van der Waals surface area contributed by atoms with E-state index in [0.717, 1.165) is 22.3 Å². The van der Waals surface area contributed by atoms with Gasteiger partial charge in [0.25, 0.3) is 0 Å². The van der Waals surface area contributed by atoms with E-state index < -0.39 is 35.2 Å². The Bertz CT molecular complexity index is 1140. The Morgan fingerprint density at radius 3 is 1.92 bits per heavy atom. The first-order valence-electron chi connectivity index (χ1n) is 13.4. The minimum Gasteiger partial charge on any atom is -0.508 e. The third-order valence-electron chi connectivity index (χ3n) is 6.02. The number of rotatable bonds is 8. The van der Waals surface area contributed by atoms with Crippen LogP contribution in [-0.4, -0.2) is 51.1 Å². The van der Waals surface area contributed by atoms with Crippen LogP contribution in [0.2, 0.25) is 0 Å². The first kappa shape index (κ1) is 31.7. The van der Waals surface area contributed by atoms with Crippen LogP contribution in [0.4, 0.5) is 4.79 Å². The van der Waals surface area contributed by atoms with Crippen LogP contribution in [-0.2, 0) is 20.7 Å². The molecule has 0 aliphatic heterocycles. The van der Waals surface area contributed by atoms with Crippen LogP contribution in [0, 0.1) is 13.8 Å². The first-order chi connectivity index (χ1) is 17.9. The predicted octanol–water partition coefficient (Wildman–Crippen LogP) is 5.34. The number of carbonyl (C=O) groups is 3. The molecule has 0 heterocycles. The van der Waals surface area contributed by atoms with E-state index in [1.54, 1.807) is 37.8 Å². The number of alkyl carbamates (subject to hydrolysis) is 1. The molecule has 0 saturated heterocycles. The van der Waals surface area contributed by atoms with Crippen LogP contribution in [0.25, 0.3) is 0 Å². The molecule has 2 atom stereocenters. The third-order valence-corrected chi connectivity index (χ3v) is 6.02. The van der Waals surface area contributed by atoms with Gasteiger partial charge in [-0.1, -0.05) is 30.3 Å². The zero-order chi connectivity index (χ0) is 29.7. The fourth-order valence-corrected chi connectivity index (χ4v) is 4.47. The molecule has 2 aromatic carbocycles. The summed E-state index contributed by atoms with van der Waals surface area (Å²) in [4.78, 5) is 42.7. The lowest BCUT2D eigenvalue weighted by Crippen LogP contribution is -2.57. The zero-order valence-electron chi connectivity index (χ0n) is 25.0. The Hall–Kier alpha value is -3.55. The summed E-state index contributed by atoms with van der Waals surface area (Å²) < 4.78 is 5.47. The van der Waals surface area contributed by atoms with E-state index >= 15 is 0 Å². The summed E-state index contributed by atoms with van der Waals surface area (Å²) in [7, 11) is 0. The summed E-state index contributed by atoms with van der Waals surface area (Å²) in [5.74, 6) is -0.622. The minimum atomic E-state index is -1.03. The van der Waals surface area contributed by atoms with Crippen molar-refractivity contribution in [3.8, 4) is 5.75 Å². The molecule has 8 nitrogen and oxygen atoms in total. The molecule has 2 aromatic rings. The van der Waals surface area contributed by atoms with E-state index in [1.165, 1.54) is 12.1 Å². The normalized spacial score (nSPS) is 13.4. The highest BCUT2D eigenvalue weighted by Gasteiger charge is 2.40. The molecule has 0 radical (unpaired) electrons. The molecule has 0 aliphatic carbocycles. The van der Waals surface area contributed by atoms with Crippen molar-refractivity contribution in [3.63, 3.8) is 0 Å². The van der Waals surface area contributed by atoms with Gasteiger partial charge in [0, 0.05) is 18.0 Å². The molecule has 8 heteroatoms. The number of phenolic OH excluding ortho intramolecular Hbond substituents is 1. The molecule has 0 bridgehead atoms. The van der Waals surface area contributed by atoms with E-state index in [1.807, 2.05) is 66.7 Å². The second-order valence-corrected chi connectivity index (χ2v) is 12.4. The summed E-state index contributed by atoms with van der Waals surface area (Å²) in [6.07, 6.45) is -0.590. The van der Waals surface area contributed by atoms with Gasteiger partial charge in [0.1, 0.15) is 23.4 Å². The second-order valence-electron chi connectivity index (χ2n) is 12.4. The number of phenols is 1. The van der Waals surface area contributed by atoms with Crippen LogP contribution in [0.15, 0.2) is 42.5 Å². The van der Waals surface area contributed by atoms with Crippen LogP contribution in [0.1, 0.15) is 83.7 Å². The van der Waals surface area contributed by atoms with Crippen molar-refractivity contribution >= 4 is 17.9 Å². The Kier molecular flexibility index (Phi) is 10.2. The van der Waals surface area contributed by atoms with Gasteiger partial charge in [-0.3, -0.25) is 9.59 Å². The van der Waals surface area contributed by atoms with Crippen LogP contribution in [0.5, 0.6) is 5.75 Å². The van der Waals surface area contributed by atoms with E-state index in [-0.39, 0.29) is 24.1 Å². The molecule has 214 valence electrons. The maximum atomic E-state index is 14.4. The molecule has 39 heavy (non-hydrogen) atoms. The van der Waals surface area contributed by atoms with Crippen molar-refractivity contribution in [2.45, 2.75) is 105 Å². The topological polar surface area (TPSA) is 108 Å². The van der Waals surface area contributed by atoms with Crippen molar-refractivity contribution in [1.82, 2.24) is 15.5 Å². The maximum Gasteiger partial charge on any atom is 0.408 e. The third kappa shape index (κ3) is 9.30. The van der Waals surface area contributed by atoms with Crippen LogP contribution >= 0.6 is 0 Å². The van der Waals surface area contributed by atoms with Gasteiger partial charge in [-0.25, -0.2) is 4.79 Å². The van der Waals surface area contributed by atoms with Crippen molar-refractivity contribution in [2.24, 2.45) is 0 Å². The van der Waals surface area contributed by atoms with Crippen molar-refractivity contribution < 1.29 is 24.2 Å². The molecule has 2 unspecified atom stereocenters. The number of nitrogens with zero attached hydrogens (tertiary/aromatic N) is 1. The van der Waals surface area contributed by atoms with Gasteiger partial charge in [-0.2, -0.15) is 0 Å². The number of aryl methyl sites for hydroxylation is 2. The molecule has 0 saturated carbocycles. The summed E-state index contributed by atoms with van der Waals surface area (Å²) in [5.41, 5.74) is 1.96. The van der Waals surface area contributed by atoms with Crippen LogP contribution < -0.4 is 10.6 Å². The van der Waals surface area contributed by atoms with E-state index in [9.17, 15) is 19.5 Å². The Labute approximate surface area is 233 Å². The summed E-state index contributed by atoms with van der Waals surface area (Å²) in [6.45, 7) is 18.5. The molecule has 3 N–H and O–H groups in total. The van der Waals surface area contributed by atoms with Crippen molar-refractivity contribution in [1.29, 1.82) is 0 Å². The highest BCUT2D eigenvalue weighted by Crippen LogP contribution is 2.31. The number of hydrogen-bond acceptors (Lipinski definition) is 5. The smallest absolute Gasteiger partial charge is 0.408 e. The van der Waals surface area contributed by atoms with Gasteiger partial charge in [-0.05, 0) is 104 Å². The monoisotopic (exact) mass is 539 g/mol. The predicted molar refractivity (Wildman–Crippen MR) is 154 cm³/mol. The number of ether oxygens (including phenoxy) is 1. The lowest BCUT2D eigenvalue weighted by Gasteiger charge is -2.39. The average Bonchev–Trinajstić information content (AvgIpc) is 2.76. The summed E-state index contributed by atoms with van der Waals surface area (Å²) in [5, 5.41) is 15.5. The standard InChI is InChI=1S/C31H45N3O5/c1-19(2)34(26(27(36)33-30(5,6)7)25-20(3)12-11-13-21(25)4)28(37)24(32-29(38)39-31(8,9)10)18-22-14-16-23(35)17-15-22/h11-17,19,24,26,35H,18H2,1-10H3,(H,32,38)(H,33,36). The van der Waals surface area contributed by atoms with E-state index in [0.29, 0.717) is 0 Å². The molecule has 0 aliphatic rings. The van der Waals surface area contributed by atoms with Gasteiger partial charge >= 0.3 is 6.09 Å². The van der Waals surface area contributed by atoms with Crippen LogP contribution in [0.3, 0.4) is 0 Å². The number of benzene rings is 2. The molecule has 0 fully saturated rings. The molecule has 2 rings (SSSR count). The Morgan fingerprint density at radius 1 is 0.923 bits per heavy atom. The van der Waals surface area contributed by atoms with E-state index in [4.69, 9.17) is 4.74 Å². The van der Waals surface area contributed by atoms with Gasteiger partial charge < -0.3 is 25.4 Å². The van der Waals surface area contributed by atoms with E-state index in [2.05, 4.69) is 10.6 Å². The van der Waals surface area contributed by atoms with Gasteiger partial charge in [0.05, 0.1) is 0 Å². The molecule has 0 aromatic heterocycles. The molecular weight excluding hydrogens is 494 g/mol. The van der Waals surface area contributed by atoms with Crippen molar-refractivity contribution in [2.75, 3.05) is 0 Å². The van der Waals surface area contributed by atoms with Crippen molar-refractivity contribution in [3.05, 3.63) is 64.7 Å². The fraction of sp³-hybridized carbons (Fsp3) is 0.516. The Morgan fingerprint density at radius 2 is 1.46 bits per heavy atom. The number of hydrogen-bond donors (Lipinski definition) is 3. The molecule has 0 spiro atoms. The quantitative estimate of drug-likeness (QED) is 0.420. The number of amides is 3. The maximum absolute atomic E-state index is 14.4. The second kappa shape index (κ2) is 12.5. The first-order valence-corrected chi connectivity index (χ1v) is 13.4. The average molecular weight is 540 g/mol. The Balaban J connectivity index is 2.63. The van der Waals surface area contributed by atoms with Gasteiger partial charge in [0.2, 0.25) is 11.8 Å². The molecule has 3 amide bonds. The highest BCUT2D eigenvalue weighted by molar-refractivity contribution is 5.93. The largest absolute Gasteiger partial charge is 0.508 e. The summed E-state index contributed by atoms with van der Waals surface area (Å²) in [6, 6.07) is 9.89. The summed E-state index contributed by atoms with van der Waals surface area (Å²) >= 11 is 0. The number of nitrogens with one attached hydrogen (secondary N) is 2. The zero-order valence-corrected chi connectivity index (χ0v) is 25.0. The number of aromatic hydroxyl groups is 1.